The Morgan fingerprint density at radius 1 is 1.12 bits per heavy atom. The number of carbonyl (C=O) groups excluding carboxylic acids is 1. The molecule has 1 N–H and O–H groups in total. The largest absolute Gasteiger partial charge is 0.491 e. The number of nitrogens with zero attached hydrogens (tertiary/aromatic N) is 2. The van der Waals surface area contributed by atoms with Crippen LogP contribution in [0.2, 0.25) is 0 Å². The van der Waals surface area contributed by atoms with Crippen LogP contribution in [-0.2, 0) is 13.0 Å². The SMILES string of the molecule is CC(C)Oc1ccc(Br)c(CC2CCN(CC3CN(Cc4ccccc4)C(=O)N3)CC2)c1. The average molecular weight is 500 g/mol. The summed E-state index contributed by atoms with van der Waals surface area (Å²) in [6.07, 6.45) is 3.65. The van der Waals surface area contributed by atoms with Crippen molar-refractivity contribution in [2.24, 2.45) is 5.92 Å². The predicted molar refractivity (Wildman–Crippen MR) is 132 cm³/mol. The number of ether oxygens (including phenoxy) is 1. The van der Waals surface area contributed by atoms with Crippen LogP contribution < -0.4 is 10.1 Å². The number of halogens is 1. The van der Waals surface area contributed by atoms with Crippen LogP contribution in [0.1, 0.15) is 37.8 Å². The van der Waals surface area contributed by atoms with E-state index in [1.807, 2.05) is 29.2 Å². The summed E-state index contributed by atoms with van der Waals surface area (Å²) in [6.45, 7) is 8.70. The fourth-order valence-electron chi connectivity index (χ4n) is 4.75. The molecule has 2 saturated heterocycles. The minimum Gasteiger partial charge on any atom is -0.491 e. The third-order valence-corrected chi connectivity index (χ3v) is 7.13. The van der Waals surface area contributed by atoms with E-state index in [9.17, 15) is 4.79 Å². The number of nitrogens with one attached hydrogen (secondary N) is 1. The first-order valence-electron chi connectivity index (χ1n) is 11.7. The molecule has 0 spiro atoms. The van der Waals surface area contributed by atoms with Gasteiger partial charge in [0.15, 0.2) is 0 Å². The van der Waals surface area contributed by atoms with E-state index in [2.05, 4.69) is 64.3 Å². The first kappa shape index (κ1) is 23.1. The van der Waals surface area contributed by atoms with E-state index in [0.717, 1.165) is 38.3 Å². The van der Waals surface area contributed by atoms with Crippen molar-refractivity contribution < 1.29 is 9.53 Å². The molecule has 0 bridgehead atoms. The highest BCUT2D eigenvalue weighted by atomic mass is 79.9. The number of benzene rings is 2. The van der Waals surface area contributed by atoms with Crippen LogP contribution in [0.3, 0.4) is 0 Å². The molecule has 0 radical (unpaired) electrons. The Morgan fingerprint density at radius 3 is 2.59 bits per heavy atom. The van der Waals surface area contributed by atoms with Crippen molar-refractivity contribution >= 4 is 22.0 Å². The van der Waals surface area contributed by atoms with Gasteiger partial charge in [0.2, 0.25) is 0 Å². The van der Waals surface area contributed by atoms with Crippen molar-refractivity contribution in [1.82, 2.24) is 15.1 Å². The van der Waals surface area contributed by atoms with Crippen LogP contribution in [0.4, 0.5) is 4.79 Å². The van der Waals surface area contributed by atoms with E-state index in [1.54, 1.807) is 0 Å². The smallest absolute Gasteiger partial charge is 0.318 e. The Kier molecular flexibility index (Phi) is 7.74. The van der Waals surface area contributed by atoms with E-state index >= 15 is 0 Å². The summed E-state index contributed by atoms with van der Waals surface area (Å²) in [6, 6.07) is 16.8. The molecule has 2 aliphatic rings. The summed E-state index contributed by atoms with van der Waals surface area (Å²) in [5.74, 6) is 1.64. The molecule has 2 fully saturated rings. The van der Waals surface area contributed by atoms with E-state index in [1.165, 1.54) is 28.4 Å². The summed E-state index contributed by atoms with van der Waals surface area (Å²) in [5.41, 5.74) is 2.51. The number of amides is 2. The van der Waals surface area contributed by atoms with E-state index < -0.39 is 0 Å². The zero-order valence-corrected chi connectivity index (χ0v) is 20.7. The Morgan fingerprint density at radius 2 is 1.88 bits per heavy atom. The molecule has 2 heterocycles. The van der Waals surface area contributed by atoms with Gasteiger partial charge in [0.05, 0.1) is 12.1 Å². The Labute approximate surface area is 200 Å². The molecule has 2 aliphatic heterocycles. The van der Waals surface area contributed by atoms with Crippen LogP contribution in [-0.4, -0.2) is 54.2 Å². The predicted octanol–water partition coefficient (Wildman–Crippen LogP) is 5.08. The fourth-order valence-corrected chi connectivity index (χ4v) is 5.16. The molecule has 2 aromatic rings. The maximum absolute atomic E-state index is 12.4. The molecule has 1 unspecified atom stereocenters. The van der Waals surface area contributed by atoms with Crippen LogP contribution in [0.25, 0.3) is 0 Å². The third-order valence-electron chi connectivity index (χ3n) is 6.36. The third kappa shape index (κ3) is 6.26. The maximum Gasteiger partial charge on any atom is 0.318 e. The van der Waals surface area contributed by atoms with Gasteiger partial charge in [-0.1, -0.05) is 46.3 Å². The van der Waals surface area contributed by atoms with Crippen LogP contribution >= 0.6 is 15.9 Å². The Bertz CT molecular complexity index is 897. The van der Waals surface area contributed by atoms with Gasteiger partial charge in [0.25, 0.3) is 0 Å². The second kappa shape index (κ2) is 10.7. The molecule has 0 aromatic heterocycles. The van der Waals surface area contributed by atoms with Gasteiger partial charge in [-0.15, -0.1) is 0 Å². The average Bonchev–Trinajstić information content (AvgIpc) is 3.11. The zero-order chi connectivity index (χ0) is 22.5. The lowest BCUT2D eigenvalue weighted by molar-refractivity contribution is 0.171. The molecule has 1 atom stereocenters. The molecule has 0 aliphatic carbocycles. The summed E-state index contributed by atoms with van der Waals surface area (Å²) >= 11 is 3.72. The topological polar surface area (TPSA) is 44.8 Å². The number of piperidine rings is 1. The van der Waals surface area contributed by atoms with Crippen molar-refractivity contribution in [1.29, 1.82) is 0 Å². The molecule has 5 nitrogen and oxygen atoms in total. The minimum absolute atomic E-state index is 0.0575. The lowest BCUT2D eigenvalue weighted by Gasteiger charge is -2.33. The zero-order valence-electron chi connectivity index (χ0n) is 19.1. The van der Waals surface area contributed by atoms with Gasteiger partial charge in [-0.25, -0.2) is 4.79 Å². The molecular weight excluding hydrogens is 466 g/mol. The summed E-state index contributed by atoms with van der Waals surface area (Å²) in [7, 11) is 0. The Hall–Kier alpha value is -2.05. The van der Waals surface area contributed by atoms with Gasteiger partial charge < -0.3 is 19.9 Å². The number of likely N-dealkylation sites (tertiary alicyclic amines) is 1. The molecule has 4 rings (SSSR count). The molecule has 2 amide bonds. The second-order valence-corrected chi connectivity index (χ2v) is 10.2. The van der Waals surface area contributed by atoms with Crippen LogP contribution in [0.15, 0.2) is 53.0 Å². The van der Waals surface area contributed by atoms with Crippen molar-refractivity contribution in [2.45, 2.75) is 51.8 Å². The maximum atomic E-state index is 12.4. The van der Waals surface area contributed by atoms with E-state index in [4.69, 9.17) is 4.74 Å². The number of urea groups is 1. The Balaban J connectivity index is 1.24. The summed E-state index contributed by atoms with van der Waals surface area (Å²) < 4.78 is 7.05. The fraction of sp³-hybridized carbons (Fsp3) is 0.500. The first-order chi connectivity index (χ1) is 15.5. The standard InChI is InChI=1S/C26H34BrN3O2/c1-19(2)32-24-8-9-25(27)22(15-24)14-20-10-12-29(13-11-20)17-23-18-30(26(31)28-23)16-21-6-4-3-5-7-21/h3-9,15,19-20,23H,10-14,16-18H2,1-2H3,(H,28,31). The lowest BCUT2D eigenvalue weighted by Crippen LogP contribution is -2.43. The first-order valence-corrected chi connectivity index (χ1v) is 12.5. The number of rotatable bonds is 8. The van der Waals surface area contributed by atoms with Gasteiger partial charge in [-0.05, 0) is 81.4 Å². The minimum atomic E-state index is 0.0575. The molecule has 2 aromatic carbocycles. The highest BCUT2D eigenvalue weighted by molar-refractivity contribution is 9.10. The van der Waals surface area contributed by atoms with Crippen molar-refractivity contribution in [3.63, 3.8) is 0 Å². The van der Waals surface area contributed by atoms with Crippen molar-refractivity contribution in [3.05, 3.63) is 64.1 Å². The van der Waals surface area contributed by atoms with Crippen LogP contribution in [0.5, 0.6) is 5.75 Å². The van der Waals surface area contributed by atoms with Gasteiger partial charge in [0, 0.05) is 24.1 Å². The van der Waals surface area contributed by atoms with E-state index in [0.29, 0.717) is 12.5 Å². The quantitative estimate of drug-likeness (QED) is 0.550. The molecular formula is C26H34BrN3O2. The summed E-state index contributed by atoms with van der Waals surface area (Å²) in [5, 5.41) is 3.18. The number of hydrogen-bond acceptors (Lipinski definition) is 3. The lowest BCUT2D eigenvalue weighted by atomic mass is 9.90. The van der Waals surface area contributed by atoms with Gasteiger partial charge >= 0.3 is 6.03 Å². The normalized spacial score (nSPS) is 20.1. The molecule has 0 saturated carbocycles. The molecule has 172 valence electrons. The summed E-state index contributed by atoms with van der Waals surface area (Å²) in [4.78, 5) is 16.8. The van der Waals surface area contributed by atoms with E-state index in [-0.39, 0.29) is 18.2 Å². The van der Waals surface area contributed by atoms with Crippen LogP contribution in [0, 0.1) is 5.92 Å². The molecule has 32 heavy (non-hydrogen) atoms. The number of hydrogen-bond donors (Lipinski definition) is 1. The van der Waals surface area contributed by atoms with Gasteiger partial charge in [-0.2, -0.15) is 0 Å². The molecule has 6 heteroatoms. The van der Waals surface area contributed by atoms with Gasteiger partial charge in [0.1, 0.15) is 5.75 Å². The number of carbonyl (C=O) groups is 1. The van der Waals surface area contributed by atoms with Crippen molar-refractivity contribution in [2.75, 3.05) is 26.2 Å². The highest BCUT2D eigenvalue weighted by Crippen LogP contribution is 2.29. The van der Waals surface area contributed by atoms with Crippen molar-refractivity contribution in [3.8, 4) is 5.75 Å². The second-order valence-electron chi connectivity index (χ2n) is 9.38. The highest BCUT2D eigenvalue weighted by Gasteiger charge is 2.31. The monoisotopic (exact) mass is 499 g/mol. The van der Waals surface area contributed by atoms with Gasteiger partial charge in [-0.3, -0.25) is 0 Å².